The average Bonchev–Trinajstić information content (AvgIpc) is 2.80. The van der Waals surface area contributed by atoms with Crippen LogP contribution in [0.3, 0.4) is 0 Å². The predicted octanol–water partition coefficient (Wildman–Crippen LogP) is 0.930. The molecule has 3 heteroatoms. The lowest BCUT2D eigenvalue weighted by molar-refractivity contribution is -0.147. The lowest BCUT2D eigenvalue weighted by atomic mass is 10.00. The lowest BCUT2D eigenvalue weighted by Gasteiger charge is -2.22. The van der Waals surface area contributed by atoms with Crippen molar-refractivity contribution < 1.29 is 9.53 Å². The van der Waals surface area contributed by atoms with E-state index < -0.39 is 0 Å². The van der Waals surface area contributed by atoms with Crippen molar-refractivity contribution in [2.24, 2.45) is 0 Å². The molecule has 0 aromatic rings. The molecule has 2 aliphatic heterocycles. The summed E-state index contributed by atoms with van der Waals surface area (Å²) in [4.78, 5) is 13.6. The van der Waals surface area contributed by atoms with Crippen LogP contribution >= 0.6 is 0 Å². The van der Waals surface area contributed by atoms with Gasteiger partial charge in [-0.1, -0.05) is 0 Å². The van der Waals surface area contributed by atoms with E-state index >= 15 is 0 Å². The fourth-order valence-electron chi connectivity index (χ4n) is 2.59. The van der Waals surface area contributed by atoms with Crippen molar-refractivity contribution in [1.82, 2.24) is 4.90 Å². The van der Waals surface area contributed by atoms with Gasteiger partial charge < -0.3 is 4.74 Å². The number of likely N-dealkylation sites (tertiary alicyclic amines) is 1. The molecule has 1 unspecified atom stereocenters. The lowest BCUT2D eigenvalue weighted by Crippen LogP contribution is -2.33. The van der Waals surface area contributed by atoms with Crippen LogP contribution in [0.15, 0.2) is 0 Å². The largest absolute Gasteiger partial charge is 0.458 e. The Balaban J connectivity index is 1.69. The molecule has 1 spiro atoms. The fourth-order valence-corrected chi connectivity index (χ4v) is 2.59. The molecule has 0 aromatic carbocycles. The molecule has 0 radical (unpaired) electrons. The van der Waals surface area contributed by atoms with Crippen LogP contribution in [-0.4, -0.2) is 35.6 Å². The summed E-state index contributed by atoms with van der Waals surface area (Å²) in [6.45, 7) is 2.14. The molecule has 2 saturated heterocycles. The molecule has 0 aromatic heterocycles. The molecule has 3 rings (SSSR count). The van der Waals surface area contributed by atoms with Gasteiger partial charge in [-0.2, -0.15) is 0 Å². The summed E-state index contributed by atoms with van der Waals surface area (Å²) >= 11 is 0. The Kier molecular flexibility index (Phi) is 1.48. The number of nitrogens with zero attached hydrogens (tertiary/aromatic N) is 1. The molecule has 1 saturated carbocycles. The minimum atomic E-state index is -0.0698. The van der Waals surface area contributed by atoms with E-state index in [9.17, 15) is 4.79 Å². The van der Waals surface area contributed by atoms with Crippen molar-refractivity contribution in [1.29, 1.82) is 0 Å². The summed E-state index contributed by atoms with van der Waals surface area (Å²) < 4.78 is 5.44. The molecule has 3 fully saturated rings. The number of rotatable bonds is 1. The third kappa shape index (κ3) is 1.26. The summed E-state index contributed by atoms with van der Waals surface area (Å²) in [7, 11) is 0. The fraction of sp³-hybridized carbons (Fsp3) is 0.900. The monoisotopic (exact) mass is 181 g/mol. The van der Waals surface area contributed by atoms with Crippen molar-refractivity contribution in [2.75, 3.05) is 13.1 Å². The topological polar surface area (TPSA) is 29.5 Å². The average molecular weight is 181 g/mol. The van der Waals surface area contributed by atoms with Crippen LogP contribution in [0.5, 0.6) is 0 Å². The number of hydrogen-bond acceptors (Lipinski definition) is 3. The second kappa shape index (κ2) is 2.47. The number of carbonyl (C=O) groups excluding carboxylic acids is 1. The zero-order valence-electron chi connectivity index (χ0n) is 7.79. The van der Waals surface area contributed by atoms with E-state index in [0.29, 0.717) is 6.42 Å². The standard InChI is InChI=1S/C10H15NO2/c12-9-3-4-10(13-9)5-6-11(7-10)8-1-2-8/h8H,1-7H2. The number of esters is 1. The Morgan fingerprint density at radius 1 is 1.38 bits per heavy atom. The highest BCUT2D eigenvalue weighted by Crippen LogP contribution is 2.40. The zero-order chi connectivity index (χ0) is 8.89. The smallest absolute Gasteiger partial charge is 0.306 e. The van der Waals surface area contributed by atoms with Crippen LogP contribution in [0.1, 0.15) is 32.1 Å². The minimum Gasteiger partial charge on any atom is -0.458 e. The van der Waals surface area contributed by atoms with Crippen LogP contribution in [0.2, 0.25) is 0 Å². The third-order valence-electron chi connectivity index (χ3n) is 3.52. The molecule has 3 nitrogen and oxygen atoms in total. The van der Waals surface area contributed by atoms with E-state index in [1.165, 1.54) is 12.8 Å². The maximum Gasteiger partial charge on any atom is 0.306 e. The van der Waals surface area contributed by atoms with Crippen molar-refractivity contribution >= 4 is 5.97 Å². The first-order chi connectivity index (χ1) is 6.27. The number of carbonyl (C=O) groups is 1. The van der Waals surface area contributed by atoms with Gasteiger partial charge in [-0.3, -0.25) is 9.69 Å². The van der Waals surface area contributed by atoms with Crippen LogP contribution in [0.25, 0.3) is 0 Å². The van der Waals surface area contributed by atoms with Gasteiger partial charge in [0, 0.05) is 32.0 Å². The van der Waals surface area contributed by atoms with Gasteiger partial charge in [0.15, 0.2) is 0 Å². The van der Waals surface area contributed by atoms with Gasteiger partial charge in [0.05, 0.1) is 0 Å². The molecule has 1 aliphatic carbocycles. The summed E-state index contributed by atoms with van der Waals surface area (Å²) in [6, 6.07) is 0.818. The first-order valence-electron chi connectivity index (χ1n) is 5.23. The zero-order valence-corrected chi connectivity index (χ0v) is 7.79. The SMILES string of the molecule is O=C1CCC2(CCN(C3CC3)C2)O1. The Bertz CT molecular complexity index is 249. The van der Waals surface area contributed by atoms with E-state index in [-0.39, 0.29) is 11.6 Å². The normalized spacial score (nSPS) is 40.2. The molecule has 0 N–H and O–H groups in total. The van der Waals surface area contributed by atoms with E-state index in [1.807, 2.05) is 0 Å². The van der Waals surface area contributed by atoms with Gasteiger partial charge in [0.2, 0.25) is 0 Å². The molecular formula is C10H15NO2. The number of hydrogen-bond donors (Lipinski definition) is 0. The molecule has 1 atom stereocenters. The Labute approximate surface area is 78.0 Å². The maximum atomic E-state index is 11.1. The van der Waals surface area contributed by atoms with Gasteiger partial charge in [0.25, 0.3) is 0 Å². The second-order valence-electron chi connectivity index (χ2n) is 4.61. The van der Waals surface area contributed by atoms with Gasteiger partial charge in [0.1, 0.15) is 5.60 Å². The quantitative estimate of drug-likeness (QED) is 0.564. The summed E-state index contributed by atoms with van der Waals surface area (Å²) in [5, 5.41) is 0. The van der Waals surface area contributed by atoms with Crippen molar-refractivity contribution in [3.05, 3.63) is 0 Å². The third-order valence-corrected chi connectivity index (χ3v) is 3.52. The molecule has 0 bridgehead atoms. The van der Waals surface area contributed by atoms with Crippen LogP contribution < -0.4 is 0 Å². The molecule has 0 amide bonds. The second-order valence-corrected chi connectivity index (χ2v) is 4.61. The summed E-state index contributed by atoms with van der Waals surface area (Å²) in [6.07, 6.45) is 5.36. The molecule has 2 heterocycles. The molecule has 13 heavy (non-hydrogen) atoms. The Morgan fingerprint density at radius 2 is 2.23 bits per heavy atom. The van der Waals surface area contributed by atoms with Crippen molar-refractivity contribution in [3.63, 3.8) is 0 Å². The van der Waals surface area contributed by atoms with Crippen LogP contribution in [-0.2, 0) is 9.53 Å². The molecular weight excluding hydrogens is 166 g/mol. The van der Waals surface area contributed by atoms with Crippen molar-refractivity contribution in [3.8, 4) is 0 Å². The highest BCUT2D eigenvalue weighted by molar-refractivity contribution is 5.72. The Morgan fingerprint density at radius 3 is 2.85 bits per heavy atom. The van der Waals surface area contributed by atoms with Crippen LogP contribution in [0, 0.1) is 0 Å². The predicted molar refractivity (Wildman–Crippen MR) is 47.3 cm³/mol. The van der Waals surface area contributed by atoms with Gasteiger partial charge in [-0.05, 0) is 19.3 Å². The molecule has 3 aliphatic rings. The van der Waals surface area contributed by atoms with Crippen molar-refractivity contribution in [2.45, 2.75) is 43.7 Å². The van der Waals surface area contributed by atoms with Gasteiger partial charge >= 0.3 is 5.97 Å². The van der Waals surface area contributed by atoms with Gasteiger partial charge in [-0.15, -0.1) is 0 Å². The number of ether oxygens (including phenoxy) is 1. The molecule has 72 valence electrons. The van der Waals surface area contributed by atoms with E-state index in [2.05, 4.69) is 4.90 Å². The highest BCUT2D eigenvalue weighted by atomic mass is 16.6. The van der Waals surface area contributed by atoms with Crippen LogP contribution in [0.4, 0.5) is 0 Å². The minimum absolute atomic E-state index is 0.0117. The first-order valence-corrected chi connectivity index (χ1v) is 5.23. The summed E-state index contributed by atoms with van der Waals surface area (Å²) in [5.41, 5.74) is -0.0698. The maximum absolute atomic E-state index is 11.1. The van der Waals surface area contributed by atoms with E-state index in [4.69, 9.17) is 4.74 Å². The summed E-state index contributed by atoms with van der Waals surface area (Å²) in [5.74, 6) is 0.0117. The Hall–Kier alpha value is -0.570. The van der Waals surface area contributed by atoms with E-state index in [1.54, 1.807) is 0 Å². The highest BCUT2D eigenvalue weighted by Gasteiger charge is 2.48. The van der Waals surface area contributed by atoms with E-state index in [0.717, 1.165) is 32.0 Å². The first kappa shape index (κ1) is 7.80. The van der Waals surface area contributed by atoms with Gasteiger partial charge in [-0.25, -0.2) is 0 Å².